The fraction of sp³-hybridized carbons (Fsp3) is 0.462. The van der Waals surface area contributed by atoms with E-state index >= 15 is 0 Å². The van der Waals surface area contributed by atoms with Gasteiger partial charge in [0, 0.05) is 17.9 Å². The second kappa shape index (κ2) is 4.23. The molecule has 1 aromatic carbocycles. The minimum atomic E-state index is -3.24. The first-order valence-corrected chi connectivity index (χ1v) is 8.01. The second-order valence-electron chi connectivity index (χ2n) is 5.00. The average Bonchev–Trinajstić information content (AvgIpc) is 3.13. The van der Waals surface area contributed by atoms with Gasteiger partial charge in [-0.1, -0.05) is 0 Å². The van der Waals surface area contributed by atoms with E-state index in [0.29, 0.717) is 18.7 Å². The van der Waals surface area contributed by atoms with Gasteiger partial charge in [-0.05, 0) is 43.5 Å². The van der Waals surface area contributed by atoms with Crippen molar-refractivity contribution in [3.8, 4) is 0 Å². The van der Waals surface area contributed by atoms with Gasteiger partial charge >= 0.3 is 0 Å². The first kappa shape index (κ1) is 12.5. The van der Waals surface area contributed by atoms with E-state index in [2.05, 4.69) is 4.72 Å². The maximum atomic E-state index is 11.9. The predicted molar refractivity (Wildman–Crippen MR) is 73.7 cm³/mol. The largest absolute Gasteiger partial charge is 0.312 e. The van der Waals surface area contributed by atoms with E-state index in [0.717, 1.165) is 24.1 Å². The van der Waals surface area contributed by atoms with Gasteiger partial charge in [-0.15, -0.1) is 0 Å². The highest BCUT2D eigenvalue weighted by atomic mass is 32.2. The molecule has 3 rings (SSSR count). The molecule has 19 heavy (non-hydrogen) atoms. The molecule has 102 valence electrons. The summed E-state index contributed by atoms with van der Waals surface area (Å²) >= 11 is 0. The Labute approximate surface area is 112 Å². The molecule has 2 aliphatic rings. The van der Waals surface area contributed by atoms with Gasteiger partial charge in [0.2, 0.25) is 15.9 Å². The number of nitrogens with zero attached hydrogens (tertiary/aromatic N) is 1. The highest BCUT2D eigenvalue weighted by molar-refractivity contribution is 7.93. The minimum Gasteiger partial charge on any atom is -0.312 e. The van der Waals surface area contributed by atoms with Crippen LogP contribution in [-0.2, 0) is 21.2 Å². The van der Waals surface area contributed by atoms with E-state index in [1.54, 1.807) is 17.0 Å². The van der Waals surface area contributed by atoms with Crippen LogP contribution in [0.1, 0.15) is 25.3 Å². The van der Waals surface area contributed by atoms with Crippen molar-refractivity contribution in [1.29, 1.82) is 0 Å². The maximum Gasteiger partial charge on any atom is 0.235 e. The van der Waals surface area contributed by atoms with E-state index in [4.69, 9.17) is 0 Å². The number of hydrogen-bond donors (Lipinski definition) is 1. The van der Waals surface area contributed by atoms with E-state index < -0.39 is 10.0 Å². The number of anilines is 2. The number of amides is 1. The van der Waals surface area contributed by atoms with Crippen LogP contribution in [0, 0.1) is 0 Å². The van der Waals surface area contributed by atoms with Crippen molar-refractivity contribution < 1.29 is 13.2 Å². The van der Waals surface area contributed by atoms with Crippen molar-refractivity contribution in [1.82, 2.24) is 0 Å². The van der Waals surface area contributed by atoms with Crippen LogP contribution >= 0.6 is 0 Å². The molecule has 0 bridgehead atoms. The van der Waals surface area contributed by atoms with E-state index in [-0.39, 0.29) is 11.2 Å². The van der Waals surface area contributed by atoms with Gasteiger partial charge in [0.05, 0.1) is 11.7 Å². The number of fused-ring (bicyclic) bond motifs is 1. The lowest BCUT2D eigenvalue weighted by Crippen LogP contribution is -2.25. The molecule has 1 aromatic rings. The molecule has 6 heteroatoms. The molecule has 5 nitrogen and oxygen atoms in total. The topological polar surface area (TPSA) is 66.5 Å². The molecule has 1 saturated carbocycles. The smallest absolute Gasteiger partial charge is 0.235 e. The molecule has 0 spiro atoms. The first-order chi connectivity index (χ1) is 9.01. The van der Waals surface area contributed by atoms with Gasteiger partial charge in [-0.3, -0.25) is 9.52 Å². The Kier molecular flexibility index (Phi) is 2.78. The molecule has 0 radical (unpaired) electrons. The predicted octanol–water partition coefficient (Wildman–Crippen LogP) is 1.50. The van der Waals surface area contributed by atoms with Crippen LogP contribution in [0.3, 0.4) is 0 Å². The van der Waals surface area contributed by atoms with Crippen molar-refractivity contribution in [3.63, 3.8) is 0 Å². The summed E-state index contributed by atoms with van der Waals surface area (Å²) in [7, 11) is -3.24. The second-order valence-corrected chi connectivity index (χ2v) is 6.97. The number of benzene rings is 1. The third kappa shape index (κ3) is 2.20. The Balaban J connectivity index is 1.87. The summed E-state index contributed by atoms with van der Waals surface area (Å²) in [6.07, 6.45) is 1.83. The van der Waals surface area contributed by atoms with Gasteiger partial charge in [0.1, 0.15) is 0 Å². The third-order valence-corrected chi connectivity index (χ3v) is 5.42. The Morgan fingerprint density at radius 1 is 1.37 bits per heavy atom. The maximum absolute atomic E-state index is 11.9. The number of carbonyl (C=O) groups is 1. The van der Waals surface area contributed by atoms with Crippen molar-refractivity contribution in [2.75, 3.05) is 16.2 Å². The summed E-state index contributed by atoms with van der Waals surface area (Å²) in [5.74, 6) is 0.0692. The zero-order valence-corrected chi connectivity index (χ0v) is 11.5. The molecular weight excluding hydrogens is 264 g/mol. The number of hydrogen-bond acceptors (Lipinski definition) is 3. The van der Waals surface area contributed by atoms with Crippen LogP contribution in [0.5, 0.6) is 0 Å². The zero-order chi connectivity index (χ0) is 13.6. The lowest BCUT2D eigenvalue weighted by atomic mass is 10.1. The SMILES string of the molecule is CCN1C(=O)Cc2cc(NS(=O)(=O)C3CC3)ccc21. The Hall–Kier alpha value is -1.56. The van der Waals surface area contributed by atoms with Crippen LogP contribution in [0.15, 0.2) is 18.2 Å². The summed E-state index contributed by atoms with van der Waals surface area (Å²) in [6, 6.07) is 5.30. The fourth-order valence-corrected chi connectivity index (χ4v) is 3.80. The molecule has 0 atom stereocenters. The zero-order valence-electron chi connectivity index (χ0n) is 10.7. The van der Waals surface area contributed by atoms with Gasteiger partial charge in [-0.25, -0.2) is 8.42 Å². The summed E-state index contributed by atoms with van der Waals surface area (Å²) in [6.45, 7) is 2.57. The van der Waals surface area contributed by atoms with Crippen LogP contribution in [0.2, 0.25) is 0 Å². The number of nitrogens with one attached hydrogen (secondary N) is 1. The molecule has 1 aliphatic heterocycles. The standard InChI is InChI=1S/C13H16N2O3S/c1-2-15-12-6-3-10(7-9(12)8-13(15)16)14-19(17,18)11-4-5-11/h3,6-7,11,14H,2,4-5,8H2,1H3. The Bertz CT molecular complexity index is 635. The fourth-order valence-electron chi connectivity index (χ4n) is 2.42. The summed E-state index contributed by atoms with van der Waals surface area (Å²) in [5, 5.41) is -0.241. The summed E-state index contributed by atoms with van der Waals surface area (Å²) < 4.78 is 26.3. The van der Waals surface area contributed by atoms with E-state index in [1.165, 1.54) is 0 Å². The van der Waals surface area contributed by atoms with Gasteiger partial charge < -0.3 is 4.90 Å². The minimum absolute atomic E-state index is 0.0692. The number of sulfonamides is 1. The molecule has 0 saturated heterocycles. The van der Waals surface area contributed by atoms with Crippen LogP contribution in [-0.4, -0.2) is 26.1 Å². The first-order valence-electron chi connectivity index (χ1n) is 6.46. The highest BCUT2D eigenvalue weighted by Gasteiger charge is 2.36. The molecule has 1 heterocycles. The van der Waals surface area contributed by atoms with Crippen molar-refractivity contribution in [2.45, 2.75) is 31.4 Å². The monoisotopic (exact) mass is 280 g/mol. The van der Waals surface area contributed by atoms with E-state index in [9.17, 15) is 13.2 Å². The van der Waals surface area contributed by atoms with Crippen molar-refractivity contribution in [3.05, 3.63) is 23.8 Å². The van der Waals surface area contributed by atoms with Gasteiger partial charge in [0.25, 0.3) is 0 Å². The lowest BCUT2D eigenvalue weighted by Gasteiger charge is -2.15. The quantitative estimate of drug-likeness (QED) is 0.909. The number of carbonyl (C=O) groups excluding carboxylic acids is 1. The van der Waals surface area contributed by atoms with Gasteiger partial charge in [0.15, 0.2) is 0 Å². The van der Waals surface area contributed by atoms with Crippen LogP contribution < -0.4 is 9.62 Å². The molecule has 1 amide bonds. The molecular formula is C13H16N2O3S. The Morgan fingerprint density at radius 2 is 2.11 bits per heavy atom. The van der Waals surface area contributed by atoms with Crippen LogP contribution in [0.4, 0.5) is 11.4 Å². The molecule has 1 aliphatic carbocycles. The normalized spacial score (nSPS) is 18.6. The van der Waals surface area contributed by atoms with Crippen molar-refractivity contribution >= 4 is 27.3 Å². The lowest BCUT2D eigenvalue weighted by molar-refractivity contribution is -0.117. The summed E-state index contributed by atoms with van der Waals surface area (Å²) in [4.78, 5) is 13.5. The van der Waals surface area contributed by atoms with Gasteiger partial charge in [-0.2, -0.15) is 0 Å². The van der Waals surface area contributed by atoms with Crippen LogP contribution in [0.25, 0.3) is 0 Å². The van der Waals surface area contributed by atoms with Crippen molar-refractivity contribution in [2.24, 2.45) is 0 Å². The summed E-state index contributed by atoms with van der Waals surface area (Å²) in [5.41, 5.74) is 2.33. The third-order valence-electron chi connectivity index (χ3n) is 3.55. The molecule has 1 fully saturated rings. The number of rotatable bonds is 4. The molecule has 0 aromatic heterocycles. The van der Waals surface area contributed by atoms with E-state index in [1.807, 2.05) is 13.0 Å². The average molecular weight is 280 g/mol. The highest BCUT2D eigenvalue weighted by Crippen LogP contribution is 2.33. The number of likely N-dealkylation sites (N-methyl/N-ethyl adjacent to an activating group) is 1. The molecule has 0 unspecified atom stereocenters. The molecule has 1 N–H and O–H groups in total. The Morgan fingerprint density at radius 3 is 2.74 bits per heavy atom.